The van der Waals surface area contributed by atoms with Gasteiger partial charge in [0.05, 0.1) is 5.69 Å². The largest absolute Gasteiger partial charge is 0.360 e. The molecule has 5 nitrogen and oxygen atoms in total. The highest BCUT2D eigenvalue weighted by Gasteiger charge is 2.22. The van der Waals surface area contributed by atoms with Gasteiger partial charge in [0, 0.05) is 28.2 Å². The van der Waals surface area contributed by atoms with Gasteiger partial charge in [-0.25, -0.2) is 17.8 Å². The second-order valence-corrected chi connectivity index (χ2v) is 6.93. The Morgan fingerprint density at radius 2 is 2.00 bits per heavy atom. The molecule has 0 fully saturated rings. The molecule has 0 aliphatic rings. The summed E-state index contributed by atoms with van der Waals surface area (Å²) in [5.41, 5.74) is -0.213. The van der Waals surface area contributed by atoms with Gasteiger partial charge in [-0.1, -0.05) is 11.6 Å². The van der Waals surface area contributed by atoms with Gasteiger partial charge in [0.2, 0.25) is 5.95 Å². The van der Waals surface area contributed by atoms with Crippen molar-refractivity contribution in [2.24, 2.45) is 0 Å². The van der Waals surface area contributed by atoms with Crippen LogP contribution in [0.4, 0.5) is 14.5 Å². The lowest BCUT2D eigenvalue weighted by molar-refractivity contribution is 0.553. The first-order valence-electron chi connectivity index (χ1n) is 6.40. The molecule has 2 N–H and O–H groups in total. The fraction of sp³-hybridized carbons (Fsp3) is 0.0714. The third-order valence-electron chi connectivity index (χ3n) is 3.24. The van der Waals surface area contributed by atoms with E-state index in [0.29, 0.717) is 15.9 Å². The van der Waals surface area contributed by atoms with Crippen molar-refractivity contribution in [3.63, 3.8) is 0 Å². The molecule has 0 aliphatic carbocycles. The molecule has 0 bridgehead atoms. The Labute approximate surface area is 135 Å². The number of aromatic amines is 1. The van der Waals surface area contributed by atoms with E-state index in [-0.39, 0.29) is 10.6 Å². The molecule has 23 heavy (non-hydrogen) atoms. The number of anilines is 1. The lowest BCUT2D eigenvalue weighted by Crippen LogP contribution is -2.14. The van der Waals surface area contributed by atoms with Crippen molar-refractivity contribution in [2.75, 3.05) is 4.72 Å². The highest BCUT2D eigenvalue weighted by Crippen LogP contribution is 2.27. The van der Waals surface area contributed by atoms with E-state index >= 15 is 0 Å². The zero-order valence-corrected chi connectivity index (χ0v) is 13.3. The molecule has 0 atom stereocenters. The average molecular weight is 358 g/mol. The van der Waals surface area contributed by atoms with Gasteiger partial charge in [-0.3, -0.25) is 4.72 Å². The second kappa shape index (κ2) is 5.47. The van der Waals surface area contributed by atoms with Crippen LogP contribution in [0, 0.1) is 18.7 Å². The minimum absolute atomic E-state index is 0.107. The fourth-order valence-electron chi connectivity index (χ4n) is 2.12. The Morgan fingerprint density at radius 1 is 1.26 bits per heavy atom. The molecule has 0 aliphatic heterocycles. The summed E-state index contributed by atoms with van der Waals surface area (Å²) >= 11 is 5.84. The van der Waals surface area contributed by atoms with Crippen LogP contribution in [0.25, 0.3) is 10.9 Å². The smallest absolute Gasteiger partial charge is 0.264 e. The predicted octanol–water partition coefficient (Wildman–Crippen LogP) is 3.60. The number of halogens is 3. The van der Waals surface area contributed by atoms with Crippen molar-refractivity contribution >= 4 is 38.2 Å². The first-order valence-corrected chi connectivity index (χ1v) is 8.26. The van der Waals surface area contributed by atoms with Crippen LogP contribution in [-0.4, -0.2) is 18.4 Å². The van der Waals surface area contributed by atoms with Crippen molar-refractivity contribution in [3.05, 3.63) is 52.9 Å². The number of pyridine rings is 1. The first kappa shape index (κ1) is 15.7. The molecule has 9 heteroatoms. The third kappa shape index (κ3) is 2.87. The average Bonchev–Trinajstić information content (AvgIpc) is 2.88. The van der Waals surface area contributed by atoms with E-state index in [9.17, 15) is 17.2 Å². The minimum atomic E-state index is -4.13. The summed E-state index contributed by atoms with van der Waals surface area (Å²) in [4.78, 5) is 5.98. The van der Waals surface area contributed by atoms with Gasteiger partial charge in [-0.05, 0) is 25.1 Å². The maximum atomic E-state index is 13.7. The number of hydrogen-bond donors (Lipinski definition) is 2. The maximum Gasteiger partial charge on any atom is 0.264 e. The lowest BCUT2D eigenvalue weighted by Gasteiger charge is -2.08. The minimum Gasteiger partial charge on any atom is -0.360 e. The topological polar surface area (TPSA) is 74.8 Å². The Balaban J connectivity index is 2.06. The van der Waals surface area contributed by atoms with Crippen LogP contribution in [0.1, 0.15) is 5.69 Å². The Bertz CT molecular complexity index is 1020. The van der Waals surface area contributed by atoms with E-state index in [1.165, 1.54) is 25.3 Å². The number of hydrogen-bond acceptors (Lipinski definition) is 3. The molecule has 0 radical (unpaired) electrons. The molecular weight excluding hydrogens is 348 g/mol. The van der Waals surface area contributed by atoms with E-state index in [1.807, 2.05) is 4.72 Å². The molecule has 2 heterocycles. The van der Waals surface area contributed by atoms with Crippen molar-refractivity contribution in [1.29, 1.82) is 0 Å². The molecule has 0 unspecified atom stereocenters. The number of sulfonamides is 1. The van der Waals surface area contributed by atoms with Crippen LogP contribution >= 0.6 is 11.6 Å². The van der Waals surface area contributed by atoms with Crippen LogP contribution < -0.4 is 4.72 Å². The molecular formula is C14H10ClF2N3O2S. The van der Waals surface area contributed by atoms with Gasteiger partial charge in [0.15, 0.2) is 0 Å². The Kier molecular flexibility index (Phi) is 3.73. The predicted molar refractivity (Wildman–Crippen MR) is 83.0 cm³/mol. The normalized spacial score (nSPS) is 11.8. The summed E-state index contributed by atoms with van der Waals surface area (Å²) in [6, 6.07) is 5.36. The molecule has 0 spiro atoms. The van der Waals surface area contributed by atoms with Crippen LogP contribution in [0.2, 0.25) is 5.02 Å². The SMILES string of the molecule is Cc1nc(F)c(NS(=O)(=O)c2c[nH]c3cc(Cl)ccc23)cc1F. The quantitative estimate of drug-likeness (QED) is 0.703. The summed E-state index contributed by atoms with van der Waals surface area (Å²) in [7, 11) is -4.13. The van der Waals surface area contributed by atoms with E-state index in [2.05, 4.69) is 9.97 Å². The molecule has 0 saturated carbocycles. The number of H-pyrrole nitrogens is 1. The zero-order chi connectivity index (χ0) is 16.8. The van der Waals surface area contributed by atoms with E-state index in [0.717, 1.165) is 6.07 Å². The summed E-state index contributed by atoms with van der Waals surface area (Å²) < 4.78 is 54.1. The fourth-order valence-corrected chi connectivity index (χ4v) is 3.51. The molecule has 2 aromatic heterocycles. The number of aromatic nitrogens is 2. The van der Waals surface area contributed by atoms with Crippen LogP contribution in [0.15, 0.2) is 35.4 Å². The summed E-state index contributed by atoms with van der Waals surface area (Å²) in [6.07, 6.45) is 1.25. The van der Waals surface area contributed by atoms with E-state index in [4.69, 9.17) is 11.6 Å². The third-order valence-corrected chi connectivity index (χ3v) is 4.89. The van der Waals surface area contributed by atoms with Gasteiger partial charge < -0.3 is 4.98 Å². The van der Waals surface area contributed by atoms with Gasteiger partial charge in [0.25, 0.3) is 10.0 Å². The summed E-state index contributed by atoms with van der Waals surface area (Å²) in [5.74, 6) is -1.91. The molecule has 120 valence electrons. The lowest BCUT2D eigenvalue weighted by atomic mass is 10.2. The molecule has 0 amide bonds. The van der Waals surface area contributed by atoms with Gasteiger partial charge >= 0.3 is 0 Å². The molecule has 3 rings (SSSR count). The monoisotopic (exact) mass is 357 g/mol. The van der Waals surface area contributed by atoms with Gasteiger partial charge in [0.1, 0.15) is 16.4 Å². The van der Waals surface area contributed by atoms with Gasteiger partial charge in [-0.2, -0.15) is 4.39 Å². The second-order valence-electron chi connectivity index (χ2n) is 4.84. The number of aryl methyl sites for hydroxylation is 1. The highest BCUT2D eigenvalue weighted by atomic mass is 35.5. The van der Waals surface area contributed by atoms with E-state index in [1.54, 1.807) is 6.07 Å². The van der Waals surface area contributed by atoms with Crippen LogP contribution in [0.5, 0.6) is 0 Å². The summed E-state index contributed by atoms with van der Waals surface area (Å²) in [5, 5.41) is 0.815. The molecule has 3 aromatic rings. The standard InChI is InChI=1S/C14H10ClF2N3O2S/c1-7-10(16)5-12(14(17)19-7)20-23(21,22)13-6-18-11-4-8(15)2-3-9(11)13/h2-6,18,20H,1H3. The number of benzene rings is 1. The van der Waals surface area contributed by atoms with Crippen LogP contribution in [0.3, 0.4) is 0 Å². The maximum absolute atomic E-state index is 13.7. The van der Waals surface area contributed by atoms with Crippen molar-refractivity contribution in [1.82, 2.24) is 9.97 Å². The number of nitrogens with one attached hydrogen (secondary N) is 2. The zero-order valence-electron chi connectivity index (χ0n) is 11.7. The number of rotatable bonds is 3. The van der Waals surface area contributed by atoms with Crippen molar-refractivity contribution in [3.8, 4) is 0 Å². The summed E-state index contributed by atoms with van der Waals surface area (Å²) in [6.45, 7) is 1.28. The number of nitrogens with zero attached hydrogens (tertiary/aromatic N) is 1. The van der Waals surface area contributed by atoms with E-state index < -0.39 is 27.5 Å². The van der Waals surface area contributed by atoms with Crippen LogP contribution in [-0.2, 0) is 10.0 Å². The Hall–Kier alpha value is -2.19. The van der Waals surface area contributed by atoms with Crippen molar-refractivity contribution in [2.45, 2.75) is 11.8 Å². The van der Waals surface area contributed by atoms with Crippen molar-refractivity contribution < 1.29 is 17.2 Å². The Morgan fingerprint density at radius 3 is 2.74 bits per heavy atom. The molecule has 0 saturated heterocycles. The highest BCUT2D eigenvalue weighted by molar-refractivity contribution is 7.93. The first-order chi connectivity index (χ1) is 10.8. The van der Waals surface area contributed by atoms with Gasteiger partial charge in [-0.15, -0.1) is 0 Å². The molecule has 1 aromatic carbocycles. The number of fused-ring (bicyclic) bond motifs is 1.